The topological polar surface area (TPSA) is 48.4 Å². The molecule has 14 rings (SSSR count). The van der Waals surface area contributed by atoms with E-state index in [1.54, 1.807) is 264 Å². The van der Waals surface area contributed by atoms with Crippen LogP contribution >= 0.6 is 47.5 Å². The van der Waals surface area contributed by atoms with E-state index >= 15 is 0 Å². The van der Waals surface area contributed by atoms with Crippen molar-refractivity contribution in [3.63, 3.8) is 0 Å². The van der Waals surface area contributed by atoms with Crippen LogP contribution in [0.2, 0.25) is 0 Å². The van der Waals surface area contributed by atoms with Crippen LogP contribution in [0.5, 0.6) is 0 Å². The van der Waals surface area contributed by atoms with Crippen molar-refractivity contribution in [2.75, 3.05) is 110 Å². The molecule has 0 atom stereocenters. The molecule has 12 fully saturated rings. The molecule has 12 aliphatic carbocycles. The second-order valence-electron chi connectivity index (χ2n) is 43.1. The molecule has 0 heterocycles. The first-order chi connectivity index (χ1) is 55.4. The summed E-state index contributed by atoms with van der Waals surface area (Å²) >= 11 is 0. The molecule has 0 radical (unpaired) electrons. The van der Waals surface area contributed by atoms with E-state index in [9.17, 15) is 0 Å². The zero-order valence-electron chi connectivity index (χ0n) is 74.7. The van der Waals surface area contributed by atoms with Gasteiger partial charge in [0.05, 0.1) is 0 Å². The van der Waals surface area contributed by atoms with Crippen LogP contribution in [0.4, 0.5) is 0 Å². The van der Waals surface area contributed by atoms with Crippen molar-refractivity contribution >= 4 is 70.7 Å². The van der Waals surface area contributed by atoms with Crippen LogP contribution in [0.3, 0.4) is 0 Å². The largest absolute Gasteiger partial charge is 2.00 e. The predicted octanol–water partition coefficient (Wildman–Crippen LogP) is 31.6. The Kier molecular flexibility index (Phi) is 51.1. The summed E-state index contributed by atoms with van der Waals surface area (Å²) < 4.78 is 7.50. The summed E-state index contributed by atoms with van der Waals surface area (Å²) in [5, 5.41) is 0. The molecule has 0 aromatic heterocycles. The average molecular weight is 1770 g/mol. The third kappa shape index (κ3) is 36.2. The molecule has 0 amide bonds. The van der Waals surface area contributed by atoms with Crippen molar-refractivity contribution in [3.8, 4) is 0 Å². The smallest absolute Gasteiger partial charge is 2.00 e. The van der Waals surface area contributed by atoms with Crippen LogP contribution in [-0.4, -0.2) is 123 Å². The molecule has 0 N–H and O–H groups in total. The van der Waals surface area contributed by atoms with E-state index in [0.717, 1.165) is 71.0 Å². The van der Waals surface area contributed by atoms with Crippen LogP contribution < -0.4 is 10.9 Å². The fraction of sp³-hybridized carbons (Fsp3) is 0.874. The van der Waals surface area contributed by atoms with Gasteiger partial charge >= 0.3 is 45.4 Å². The van der Waals surface area contributed by atoms with Gasteiger partial charge in [0.2, 0.25) is 0 Å². The maximum Gasteiger partial charge on any atom is 2.00 e. The van der Waals surface area contributed by atoms with Crippen LogP contribution in [0.15, 0.2) is 60.7 Å². The predicted molar refractivity (Wildman–Crippen MR) is 516 cm³/mol. The van der Waals surface area contributed by atoms with E-state index in [2.05, 4.69) is 67.3 Å². The summed E-state index contributed by atoms with van der Waals surface area (Å²) in [6, 6.07) is 36.0. The molecule has 12 aliphatic rings. The van der Waals surface area contributed by atoms with E-state index in [0.29, 0.717) is 0 Å². The number of rotatable bonds is 38. The first-order valence-electron chi connectivity index (χ1n) is 51.4. The van der Waals surface area contributed by atoms with E-state index < -0.39 is 12.3 Å². The normalized spacial score (nSPS) is 23.3. The quantitative estimate of drug-likeness (QED) is 0.0278. The minimum absolute atomic E-state index is 0. The fourth-order valence-corrected chi connectivity index (χ4v) is 53.6. The van der Waals surface area contributed by atoms with Gasteiger partial charge in [-0.3, -0.25) is 0 Å². The fourth-order valence-electron chi connectivity index (χ4n) is 27.8. The van der Waals surface area contributed by atoms with E-state index in [4.69, 9.17) is 4.65 Å². The van der Waals surface area contributed by atoms with Crippen molar-refractivity contribution in [3.05, 3.63) is 67.3 Å². The van der Waals surface area contributed by atoms with Crippen molar-refractivity contribution in [2.45, 2.75) is 385 Å². The Morgan fingerprint density at radius 2 is 0.296 bits per heavy atom. The van der Waals surface area contributed by atoms with E-state index in [-0.39, 0.29) is 87.1 Å². The molecule has 115 heavy (non-hydrogen) atoms. The second-order valence-corrected chi connectivity index (χ2v) is 57.8. The van der Waals surface area contributed by atoms with Crippen molar-refractivity contribution < 1.29 is 44.3 Å². The molecule has 2 aromatic carbocycles. The summed E-state index contributed by atoms with van der Waals surface area (Å²) in [4.78, 5) is 0. The SMILES string of the molecule is [C-]#[O+].[Fe+2].[Fe+2].[O-2].c1ccc([B-](CP(CC2CCCCC2)CC2CCCCC2)(CP(CC2CCCCC2)CC2CCCCC2)CP(CC2CCCCC2)CC2CCCCC2)cc1.c1ccc([B-](CP(CC2CCCCC2)CC2CCCCC2)(CP(CC2CCCCC2)CC2CCCCC2)CP(CC2CCCCC2)CC2CCCCC2)cc1. The molecule has 0 spiro atoms. The molecule has 12 heteroatoms. The molecule has 0 aliphatic heterocycles. The third-order valence-corrected chi connectivity index (χ3v) is 53.2. The molecule has 0 saturated heterocycles. The van der Waals surface area contributed by atoms with E-state index in [1.807, 2.05) is 10.9 Å². The maximum absolute atomic E-state index is 7.50. The van der Waals surface area contributed by atoms with Gasteiger partial charge in [-0.25, -0.2) is 10.9 Å². The maximum atomic E-state index is 7.50. The van der Waals surface area contributed by atoms with Gasteiger partial charge < -0.3 is 5.48 Å². The summed E-state index contributed by atoms with van der Waals surface area (Å²) in [6.45, 7) is 4.50. The molecule has 12 saturated carbocycles. The second kappa shape index (κ2) is 58.4. The van der Waals surface area contributed by atoms with Gasteiger partial charge in [0, 0.05) is 12.3 Å². The third-order valence-electron chi connectivity index (χ3n) is 33.6. The number of benzene rings is 2. The molecule has 2 aromatic rings. The zero-order chi connectivity index (χ0) is 76.8. The van der Waals surface area contributed by atoms with Crippen LogP contribution in [0, 0.1) is 77.7 Å². The van der Waals surface area contributed by atoms with Gasteiger partial charge in [-0.1, -0.05) is 446 Å². The standard InChI is InChI=1S/2C51H89BP3.CO.2Fe.O/c2*1-8-22-45(23-9-1)36-53(37-46-24-10-2-11-25-46)42-52(51-34-20-7-21-35-51,43-54(38-47-26-12-3-13-27-47)39-48-28-14-4-15-29-48)44-55(40-49-30-16-5-17-31-49)41-50-32-18-6-19-33-50;1-2;;;/h2*7,20-21,34-35,45-50H,1-6,8-19,22-33,36-44H2;;;;/q2*-1;;2*+2;-2. The van der Waals surface area contributed by atoms with Crippen molar-refractivity contribution in [2.24, 2.45) is 71.0 Å². The Hall–Kier alpha value is 1.89. The Bertz CT molecular complexity index is 2190. The average Bonchev–Trinajstić information content (AvgIpc) is 0.787. The summed E-state index contributed by atoms with van der Waals surface area (Å²) in [7, 11) is 0.549. The molecule has 0 unspecified atom stereocenters. The molecule has 654 valence electrons. The van der Waals surface area contributed by atoms with Gasteiger partial charge in [0.15, 0.2) is 0 Å². The molecular formula is C103H178B2Fe2O2P6. The minimum atomic E-state index is -0.557. The van der Waals surface area contributed by atoms with Gasteiger partial charge in [0.25, 0.3) is 0 Å². The minimum Gasteiger partial charge on any atom is -2.00 e. The van der Waals surface area contributed by atoms with Gasteiger partial charge in [-0.05, 0) is 145 Å². The summed E-state index contributed by atoms with van der Waals surface area (Å²) in [5.74, 6) is 12.7. The molecular weight excluding hydrogens is 1590 g/mol. The van der Waals surface area contributed by atoms with E-state index in [1.165, 1.54) is 231 Å². The first kappa shape index (κ1) is 101. The van der Waals surface area contributed by atoms with Gasteiger partial charge in [-0.2, -0.15) is 36.4 Å². The first-order valence-corrected chi connectivity index (χ1v) is 62.8. The van der Waals surface area contributed by atoms with Crippen LogP contribution in [0.1, 0.15) is 385 Å². The van der Waals surface area contributed by atoms with Crippen molar-refractivity contribution in [1.82, 2.24) is 0 Å². The summed E-state index contributed by atoms with van der Waals surface area (Å²) in [6.07, 6.45) is 112. The molecule has 2 nitrogen and oxygen atoms in total. The Labute approximate surface area is 743 Å². The Balaban J connectivity index is 0.000000251. The van der Waals surface area contributed by atoms with Gasteiger partial charge in [-0.15, -0.1) is 47.5 Å². The zero-order valence-corrected chi connectivity index (χ0v) is 82.3. The number of hydrogen-bond acceptors (Lipinski definition) is 0. The van der Waals surface area contributed by atoms with Gasteiger partial charge in [0.1, 0.15) is 0 Å². The monoisotopic (exact) mass is 1770 g/mol. The van der Waals surface area contributed by atoms with Crippen LogP contribution in [-0.2, 0) is 44.3 Å². The number of hydrogen-bond donors (Lipinski definition) is 0. The Morgan fingerprint density at radius 3 is 0.400 bits per heavy atom. The Morgan fingerprint density at radius 1 is 0.191 bits per heavy atom. The molecule has 0 bridgehead atoms. The van der Waals surface area contributed by atoms with Crippen LogP contribution in [0.25, 0.3) is 0 Å². The summed E-state index contributed by atoms with van der Waals surface area (Å²) in [5.41, 5.74) is 3.84. The van der Waals surface area contributed by atoms with Crippen molar-refractivity contribution in [1.29, 1.82) is 0 Å².